The molecule has 5 nitrogen and oxygen atoms in total. The molecule has 1 aliphatic rings. The molecule has 0 saturated heterocycles. The largest absolute Gasteiger partial charge is 0.494 e. The van der Waals surface area contributed by atoms with Gasteiger partial charge < -0.3 is 19.0 Å². The minimum Gasteiger partial charge on any atom is -0.494 e. The smallest absolute Gasteiger partial charge is 0.293 e. The zero-order chi connectivity index (χ0) is 13.2. The molecule has 2 atom stereocenters. The van der Waals surface area contributed by atoms with E-state index in [0.29, 0.717) is 12.9 Å². The Labute approximate surface area is 111 Å². The summed E-state index contributed by atoms with van der Waals surface area (Å²) in [5, 5.41) is 0. The fourth-order valence-corrected chi connectivity index (χ4v) is 1.56. The number of thiol groups is 1. The molecule has 2 unspecified atom stereocenters. The van der Waals surface area contributed by atoms with Crippen LogP contribution in [0, 0.1) is 5.92 Å². The van der Waals surface area contributed by atoms with Gasteiger partial charge in [0.2, 0.25) is 0 Å². The Kier molecular flexibility index (Phi) is 7.20. The van der Waals surface area contributed by atoms with Gasteiger partial charge in [0.05, 0.1) is 12.4 Å². The Morgan fingerprint density at radius 1 is 1.44 bits per heavy atom. The first-order valence-corrected chi connectivity index (χ1v) is 6.08. The van der Waals surface area contributed by atoms with Crippen molar-refractivity contribution >= 4 is 25.4 Å². The van der Waals surface area contributed by atoms with E-state index in [4.69, 9.17) is 9.47 Å². The molecule has 1 rings (SSSR count). The molecule has 0 amide bonds. The van der Waals surface area contributed by atoms with Crippen molar-refractivity contribution in [2.24, 2.45) is 5.92 Å². The highest BCUT2D eigenvalue weighted by Gasteiger charge is 2.12. The topological polar surface area (TPSA) is 61.8 Å². The van der Waals surface area contributed by atoms with Gasteiger partial charge in [-0.1, -0.05) is 12.2 Å². The van der Waals surface area contributed by atoms with Gasteiger partial charge >= 0.3 is 0 Å². The molecule has 0 aromatic carbocycles. The maximum Gasteiger partial charge on any atom is 0.293 e. The molecule has 6 heteroatoms. The molecule has 0 fully saturated rings. The first kappa shape index (κ1) is 14.8. The second-order valence-corrected chi connectivity index (χ2v) is 4.20. The lowest BCUT2D eigenvalue weighted by Gasteiger charge is -2.18. The van der Waals surface area contributed by atoms with Gasteiger partial charge in [0.25, 0.3) is 6.47 Å². The van der Waals surface area contributed by atoms with E-state index < -0.39 is 5.44 Å². The lowest BCUT2D eigenvalue weighted by molar-refractivity contribution is -0.130. The Bertz CT molecular complexity index is 326. The minimum atomic E-state index is -0.401. The molecule has 0 N–H and O–H groups in total. The first-order valence-electron chi connectivity index (χ1n) is 5.56. The second kappa shape index (κ2) is 8.77. The molecular formula is C12H16O5S. The zero-order valence-corrected chi connectivity index (χ0v) is 10.8. The number of aldehydes is 1. The van der Waals surface area contributed by atoms with Gasteiger partial charge in [-0.15, -0.1) is 12.6 Å². The third-order valence-electron chi connectivity index (χ3n) is 2.24. The van der Waals surface area contributed by atoms with Crippen molar-refractivity contribution in [1.82, 2.24) is 0 Å². The fraction of sp³-hybridized carbons (Fsp3) is 0.500. The van der Waals surface area contributed by atoms with Crippen molar-refractivity contribution in [3.05, 3.63) is 24.0 Å². The molecule has 100 valence electrons. The number of carbonyl (C=O) groups is 2. The maximum atomic E-state index is 10.6. The van der Waals surface area contributed by atoms with Crippen molar-refractivity contribution < 1.29 is 23.8 Å². The average molecular weight is 272 g/mol. The Hall–Kier alpha value is -1.27. The second-order valence-electron chi connectivity index (χ2n) is 3.63. The molecule has 0 bridgehead atoms. The van der Waals surface area contributed by atoms with E-state index in [1.54, 1.807) is 6.08 Å². The van der Waals surface area contributed by atoms with Crippen molar-refractivity contribution in [3.63, 3.8) is 0 Å². The van der Waals surface area contributed by atoms with Crippen LogP contribution >= 0.6 is 12.6 Å². The molecule has 0 saturated carbocycles. The van der Waals surface area contributed by atoms with Crippen molar-refractivity contribution in [2.45, 2.75) is 11.9 Å². The number of hydrogen-bond donors (Lipinski definition) is 1. The summed E-state index contributed by atoms with van der Waals surface area (Å²) >= 11 is 4.17. The SMILES string of the molecule is O=COCCOC(S)COC1=CC=CC(C=O)C1. The van der Waals surface area contributed by atoms with E-state index in [2.05, 4.69) is 17.4 Å². The van der Waals surface area contributed by atoms with Gasteiger partial charge in [-0.3, -0.25) is 4.79 Å². The zero-order valence-electron chi connectivity index (χ0n) is 9.86. The van der Waals surface area contributed by atoms with Crippen LogP contribution < -0.4 is 0 Å². The van der Waals surface area contributed by atoms with Gasteiger partial charge in [0.15, 0.2) is 0 Å². The van der Waals surface area contributed by atoms with Crippen LogP contribution in [0.2, 0.25) is 0 Å². The van der Waals surface area contributed by atoms with Crippen molar-refractivity contribution in [2.75, 3.05) is 19.8 Å². The van der Waals surface area contributed by atoms with Crippen LogP contribution in [0.1, 0.15) is 6.42 Å². The Balaban J connectivity index is 2.16. The highest BCUT2D eigenvalue weighted by molar-refractivity contribution is 7.80. The van der Waals surface area contributed by atoms with Crippen molar-refractivity contribution in [1.29, 1.82) is 0 Å². The summed E-state index contributed by atoms with van der Waals surface area (Å²) in [7, 11) is 0. The summed E-state index contributed by atoms with van der Waals surface area (Å²) in [4.78, 5) is 20.5. The van der Waals surface area contributed by atoms with Gasteiger partial charge in [0.1, 0.15) is 24.9 Å². The normalized spacial score (nSPS) is 19.8. The molecular weight excluding hydrogens is 256 g/mol. The van der Waals surface area contributed by atoms with Gasteiger partial charge in [0, 0.05) is 12.3 Å². The van der Waals surface area contributed by atoms with E-state index >= 15 is 0 Å². The first-order chi connectivity index (χ1) is 8.76. The number of carbonyl (C=O) groups excluding carboxylic acids is 2. The van der Waals surface area contributed by atoms with E-state index in [0.717, 1.165) is 12.0 Å². The standard InChI is InChI=1S/C12H16O5S/c13-7-10-2-1-3-11(6-10)17-8-12(18)16-5-4-15-9-14/h1-3,7,9-10,12,18H,4-6,8H2. The van der Waals surface area contributed by atoms with Crippen LogP contribution in [0.15, 0.2) is 24.0 Å². The lowest BCUT2D eigenvalue weighted by atomic mass is 10.0. The Morgan fingerprint density at radius 2 is 2.28 bits per heavy atom. The van der Waals surface area contributed by atoms with E-state index in [9.17, 15) is 9.59 Å². The average Bonchev–Trinajstić information content (AvgIpc) is 2.41. The fourth-order valence-electron chi connectivity index (χ4n) is 1.38. The summed E-state index contributed by atoms with van der Waals surface area (Å²) in [6.07, 6.45) is 6.89. The van der Waals surface area contributed by atoms with Gasteiger partial charge in [-0.25, -0.2) is 0 Å². The van der Waals surface area contributed by atoms with Crippen LogP contribution in [0.3, 0.4) is 0 Å². The van der Waals surface area contributed by atoms with Crippen LogP contribution in [0.5, 0.6) is 0 Å². The number of ether oxygens (including phenoxy) is 3. The predicted octanol–water partition coefficient (Wildman–Crippen LogP) is 1.11. The predicted molar refractivity (Wildman–Crippen MR) is 68.1 cm³/mol. The summed E-state index contributed by atoms with van der Waals surface area (Å²) < 4.78 is 15.2. The summed E-state index contributed by atoms with van der Waals surface area (Å²) in [5.74, 6) is 0.617. The van der Waals surface area contributed by atoms with Crippen LogP contribution in [0.25, 0.3) is 0 Å². The third kappa shape index (κ3) is 5.88. The quantitative estimate of drug-likeness (QED) is 0.295. The molecule has 0 heterocycles. The molecule has 0 aromatic heterocycles. The molecule has 18 heavy (non-hydrogen) atoms. The molecule has 1 aliphatic carbocycles. The van der Waals surface area contributed by atoms with Gasteiger partial charge in [-0.2, -0.15) is 0 Å². The van der Waals surface area contributed by atoms with Gasteiger partial charge in [-0.05, 0) is 6.08 Å². The lowest BCUT2D eigenvalue weighted by Crippen LogP contribution is -2.17. The molecule has 0 spiro atoms. The summed E-state index contributed by atoms with van der Waals surface area (Å²) in [6.45, 7) is 1.10. The van der Waals surface area contributed by atoms with E-state index in [1.807, 2.05) is 12.2 Å². The van der Waals surface area contributed by atoms with E-state index in [-0.39, 0.29) is 25.7 Å². The summed E-state index contributed by atoms with van der Waals surface area (Å²) in [6, 6.07) is 0. The Morgan fingerprint density at radius 3 is 3.00 bits per heavy atom. The monoisotopic (exact) mass is 272 g/mol. The van der Waals surface area contributed by atoms with E-state index in [1.165, 1.54) is 0 Å². The highest BCUT2D eigenvalue weighted by Crippen LogP contribution is 2.18. The third-order valence-corrected chi connectivity index (χ3v) is 2.54. The number of rotatable bonds is 9. The van der Waals surface area contributed by atoms with Crippen LogP contribution in [0.4, 0.5) is 0 Å². The van der Waals surface area contributed by atoms with Crippen molar-refractivity contribution in [3.8, 4) is 0 Å². The maximum absolute atomic E-state index is 10.6. The summed E-state index contributed by atoms with van der Waals surface area (Å²) in [5.41, 5.74) is -0.401. The number of hydrogen-bond acceptors (Lipinski definition) is 6. The molecule has 0 aliphatic heterocycles. The minimum absolute atomic E-state index is 0.120. The number of allylic oxidation sites excluding steroid dienone is 4. The highest BCUT2D eigenvalue weighted by atomic mass is 32.1. The van der Waals surface area contributed by atoms with Crippen LogP contribution in [-0.4, -0.2) is 38.0 Å². The molecule has 0 aromatic rings. The van der Waals surface area contributed by atoms with Crippen LogP contribution in [-0.2, 0) is 23.8 Å². The molecule has 0 radical (unpaired) electrons.